The van der Waals surface area contributed by atoms with Crippen molar-refractivity contribution < 1.29 is 14.3 Å². The molecule has 0 fully saturated rings. The van der Waals surface area contributed by atoms with Gasteiger partial charge in [0.05, 0.1) is 28.1 Å². The molecular formula is C20H22N4O3S. The minimum atomic E-state index is -0.370. The molecule has 1 aromatic carbocycles. The number of ether oxygens (including phenoxy) is 1. The fraction of sp³-hybridized carbons (Fsp3) is 0.300. The second-order valence-corrected chi connectivity index (χ2v) is 7.10. The van der Waals surface area contributed by atoms with Gasteiger partial charge in [-0.15, -0.1) is 6.58 Å². The van der Waals surface area contributed by atoms with Crippen LogP contribution in [0.25, 0.3) is 10.2 Å². The summed E-state index contributed by atoms with van der Waals surface area (Å²) in [7, 11) is 0. The molecule has 3 aromatic rings. The van der Waals surface area contributed by atoms with Crippen molar-refractivity contribution in [3.8, 4) is 0 Å². The van der Waals surface area contributed by atoms with Crippen molar-refractivity contribution in [3.63, 3.8) is 0 Å². The lowest BCUT2D eigenvalue weighted by atomic mass is 10.2. The van der Waals surface area contributed by atoms with Crippen molar-refractivity contribution >= 4 is 33.4 Å². The Balaban J connectivity index is 2.11. The molecule has 0 aliphatic carbocycles. The number of rotatable bonds is 6. The monoisotopic (exact) mass is 398 g/mol. The van der Waals surface area contributed by atoms with Gasteiger partial charge in [-0.2, -0.15) is 10.1 Å². The number of carbonyl (C=O) groups excluding carboxylic acids is 2. The number of fused-ring (bicyclic) bond motifs is 1. The molecule has 0 unspecified atom stereocenters. The quantitative estimate of drug-likeness (QED) is 0.471. The maximum absolute atomic E-state index is 12.8. The van der Waals surface area contributed by atoms with Crippen molar-refractivity contribution in [2.75, 3.05) is 6.61 Å². The smallest absolute Gasteiger partial charge is 0.338 e. The Hall–Kier alpha value is -3.00. The van der Waals surface area contributed by atoms with Crippen LogP contribution in [0.4, 0.5) is 0 Å². The van der Waals surface area contributed by atoms with E-state index in [0.29, 0.717) is 35.8 Å². The lowest BCUT2D eigenvalue weighted by molar-refractivity contribution is 0.0526. The molecule has 2 aromatic heterocycles. The Morgan fingerprint density at radius 3 is 2.79 bits per heavy atom. The minimum Gasteiger partial charge on any atom is -0.462 e. The number of hydrogen-bond donors (Lipinski definition) is 0. The molecule has 0 saturated carbocycles. The molecule has 28 heavy (non-hydrogen) atoms. The molecule has 0 aliphatic rings. The molecule has 0 aliphatic heterocycles. The molecule has 0 saturated heterocycles. The SMILES string of the molecule is C=CCn1c(=NC(=O)c2cc(C)nn2CC)sc2cc(C(=O)OCC)ccc21. The van der Waals surface area contributed by atoms with Crippen LogP contribution in [0.5, 0.6) is 0 Å². The number of thiazole rings is 1. The Morgan fingerprint density at radius 2 is 2.11 bits per heavy atom. The van der Waals surface area contributed by atoms with Crippen LogP contribution in [0.1, 0.15) is 40.4 Å². The first-order valence-corrected chi connectivity index (χ1v) is 9.85. The molecule has 0 atom stereocenters. The zero-order chi connectivity index (χ0) is 20.3. The number of aryl methyl sites for hydroxylation is 2. The van der Waals surface area contributed by atoms with E-state index < -0.39 is 0 Å². The Labute approximate surface area is 166 Å². The Kier molecular flexibility index (Phi) is 5.89. The van der Waals surface area contributed by atoms with Gasteiger partial charge in [-0.05, 0) is 45.0 Å². The predicted molar refractivity (Wildman–Crippen MR) is 109 cm³/mol. The maximum Gasteiger partial charge on any atom is 0.338 e. The zero-order valence-electron chi connectivity index (χ0n) is 16.1. The summed E-state index contributed by atoms with van der Waals surface area (Å²) >= 11 is 1.35. The third kappa shape index (κ3) is 3.82. The van der Waals surface area contributed by atoms with Crippen molar-refractivity contribution in [1.29, 1.82) is 0 Å². The van der Waals surface area contributed by atoms with Gasteiger partial charge < -0.3 is 9.30 Å². The number of esters is 1. The van der Waals surface area contributed by atoms with E-state index in [0.717, 1.165) is 15.9 Å². The minimum absolute atomic E-state index is 0.317. The molecule has 0 spiro atoms. The second-order valence-electron chi connectivity index (χ2n) is 6.09. The normalized spacial score (nSPS) is 11.8. The highest BCUT2D eigenvalue weighted by Gasteiger charge is 2.15. The average molecular weight is 398 g/mol. The third-order valence-corrected chi connectivity index (χ3v) is 5.16. The lowest BCUT2D eigenvalue weighted by Crippen LogP contribution is -2.17. The first kappa shape index (κ1) is 19.8. The fourth-order valence-corrected chi connectivity index (χ4v) is 3.99. The van der Waals surface area contributed by atoms with Crippen LogP contribution in [0.15, 0.2) is 41.9 Å². The number of aromatic nitrogens is 3. The number of allylic oxidation sites excluding steroid dienone is 1. The Morgan fingerprint density at radius 1 is 1.32 bits per heavy atom. The highest BCUT2D eigenvalue weighted by atomic mass is 32.1. The van der Waals surface area contributed by atoms with E-state index in [1.54, 1.807) is 35.9 Å². The van der Waals surface area contributed by atoms with Gasteiger partial charge in [0.2, 0.25) is 0 Å². The van der Waals surface area contributed by atoms with Crippen LogP contribution in [0.3, 0.4) is 0 Å². The van der Waals surface area contributed by atoms with Gasteiger partial charge >= 0.3 is 5.97 Å². The molecule has 146 valence electrons. The van der Waals surface area contributed by atoms with E-state index in [-0.39, 0.29) is 11.9 Å². The first-order chi connectivity index (χ1) is 13.5. The van der Waals surface area contributed by atoms with E-state index in [9.17, 15) is 9.59 Å². The molecule has 8 heteroatoms. The number of hydrogen-bond acceptors (Lipinski definition) is 5. The van der Waals surface area contributed by atoms with Gasteiger partial charge in [0.25, 0.3) is 5.91 Å². The van der Waals surface area contributed by atoms with Gasteiger partial charge in [-0.3, -0.25) is 9.48 Å². The van der Waals surface area contributed by atoms with Crippen LogP contribution < -0.4 is 4.80 Å². The summed E-state index contributed by atoms with van der Waals surface area (Å²) in [6.45, 7) is 10.7. The van der Waals surface area contributed by atoms with Crippen molar-refractivity contribution in [1.82, 2.24) is 14.3 Å². The van der Waals surface area contributed by atoms with Gasteiger partial charge in [-0.1, -0.05) is 17.4 Å². The summed E-state index contributed by atoms with van der Waals surface area (Å²) in [5.41, 5.74) is 2.58. The van der Waals surface area contributed by atoms with Crippen molar-refractivity contribution in [2.24, 2.45) is 4.99 Å². The Bertz CT molecular complexity index is 1120. The number of benzene rings is 1. The van der Waals surface area contributed by atoms with Crippen molar-refractivity contribution in [3.05, 3.63) is 58.7 Å². The molecule has 3 rings (SSSR count). The average Bonchev–Trinajstić information content (AvgIpc) is 3.22. The summed E-state index contributed by atoms with van der Waals surface area (Å²) in [4.78, 5) is 29.7. The van der Waals surface area contributed by atoms with Gasteiger partial charge in [-0.25, -0.2) is 4.79 Å². The first-order valence-electron chi connectivity index (χ1n) is 9.03. The number of carbonyl (C=O) groups is 2. The van der Waals surface area contributed by atoms with Crippen LogP contribution in [0.2, 0.25) is 0 Å². The van der Waals surface area contributed by atoms with Gasteiger partial charge in [0.1, 0.15) is 5.69 Å². The molecule has 2 heterocycles. The fourth-order valence-electron chi connectivity index (χ4n) is 2.91. The summed E-state index contributed by atoms with van der Waals surface area (Å²) in [5, 5.41) is 4.31. The van der Waals surface area contributed by atoms with Crippen LogP contribution in [-0.4, -0.2) is 32.8 Å². The second kappa shape index (κ2) is 8.35. The van der Waals surface area contributed by atoms with E-state index >= 15 is 0 Å². The molecule has 0 N–H and O–H groups in total. The van der Waals surface area contributed by atoms with Gasteiger partial charge in [0.15, 0.2) is 4.80 Å². The highest BCUT2D eigenvalue weighted by Crippen LogP contribution is 2.20. The van der Waals surface area contributed by atoms with Crippen molar-refractivity contribution in [2.45, 2.75) is 33.9 Å². The van der Waals surface area contributed by atoms with Crippen LogP contribution in [-0.2, 0) is 17.8 Å². The summed E-state index contributed by atoms with van der Waals surface area (Å²) < 4.78 is 9.46. The van der Waals surface area contributed by atoms with Crippen LogP contribution >= 0.6 is 11.3 Å². The van der Waals surface area contributed by atoms with E-state index in [4.69, 9.17) is 4.74 Å². The molecular weight excluding hydrogens is 376 g/mol. The highest BCUT2D eigenvalue weighted by molar-refractivity contribution is 7.16. The predicted octanol–water partition coefficient (Wildman–Crippen LogP) is 3.33. The molecule has 0 bridgehead atoms. The number of nitrogens with zero attached hydrogens (tertiary/aromatic N) is 4. The molecule has 7 nitrogen and oxygen atoms in total. The topological polar surface area (TPSA) is 78.5 Å². The van der Waals surface area contributed by atoms with E-state index in [2.05, 4.69) is 16.7 Å². The zero-order valence-corrected chi connectivity index (χ0v) is 17.0. The van der Waals surface area contributed by atoms with E-state index in [1.807, 2.05) is 24.5 Å². The summed E-state index contributed by atoms with van der Waals surface area (Å²) in [6, 6.07) is 7.06. The number of amides is 1. The summed E-state index contributed by atoms with van der Waals surface area (Å²) in [5.74, 6) is -0.720. The molecule has 1 amide bonds. The third-order valence-electron chi connectivity index (χ3n) is 4.12. The largest absolute Gasteiger partial charge is 0.462 e. The van der Waals surface area contributed by atoms with Crippen LogP contribution in [0, 0.1) is 6.92 Å². The standard InChI is InChI=1S/C20H22N4O3S/c1-5-10-23-15-9-8-14(19(26)27-7-3)12-17(15)28-20(23)21-18(25)16-11-13(4)22-24(16)6-2/h5,8-9,11-12H,1,6-7,10H2,2-4H3. The summed E-state index contributed by atoms with van der Waals surface area (Å²) in [6.07, 6.45) is 1.75. The van der Waals surface area contributed by atoms with E-state index in [1.165, 1.54) is 11.3 Å². The lowest BCUT2D eigenvalue weighted by Gasteiger charge is -2.03. The maximum atomic E-state index is 12.8. The molecule has 0 radical (unpaired) electrons. The van der Waals surface area contributed by atoms with Gasteiger partial charge in [0, 0.05) is 13.1 Å².